The van der Waals surface area contributed by atoms with Gasteiger partial charge in [-0.2, -0.15) is 0 Å². The van der Waals surface area contributed by atoms with Gasteiger partial charge in [-0.3, -0.25) is 4.79 Å². The lowest BCUT2D eigenvalue weighted by atomic mass is 9.98. The van der Waals surface area contributed by atoms with E-state index < -0.39 is 6.04 Å². The van der Waals surface area contributed by atoms with Crippen molar-refractivity contribution in [1.29, 1.82) is 0 Å². The Hall–Kier alpha value is -1.39. The number of nitrogens with two attached hydrogens (primary N) is 1. The molecule has 0 aromatic heterocycles. The maximum atomic E-state index is 12.4. The lowest BCUT2D eigenvalue weighted by molar-refractivity contribution is -0.146. The minimum atomic E-state index is -0.412. The van der Waals surface area contributed by atoms with Crippen molar-refractivity contribution in [3.8, 4) is 0 Å². The Bertz CT molecular complexity index is 516. The molecule has 116 valence electrons. The number of amides is 1. The Morgan fingerprint density at radius 3 is 2.86 bits per heavy atom. The van der Waals surface area contributed by atoms with Crippen LogP contribution in [0.1, 0.15) is 43.1 Å². The fourth-order valence-electron chi connectivity index (χ4n) is 2.75. The second-order valence-corrected chi connectivity index (χ2v) is 6.04. The Labute approximate surface area is 127 Å². The highest BCUT2D eigenvalue weighted by molar-refractivity contribution is 5.82. The minimum Gasteiger partial charge on any atom is -0.370 e. The van der Waals surface area contributed by atoms with Crippen LogP contribution >= 0.6 is 0 Å². The van der Waals surface area contributed by atoms with Gasteiger partial charge in [-0.25, -0.2) is 0 Å². The summed E-state index contributed by atoms with van der Waals surface area (Å²) < 4.78 is 5.97. The van der Waals surface area contributed by atoms with Crippen molar-refractivity contribution in [2.24, 2.45) is 5.73 Å². The molecule has 2 N–H and O–H groups in total. The first-order chi connectivity index (χ1) is 9.93. The number of morpholine rings is 1. The summed E-state index contributed by atoms with van der Waals surface area (Å²) >= 11 is 0. The van der Waals surface area contributed by atoms with Gasteiger partial charge in [-0.15, -0.1) is 0 Å². The molecule has 4 heteroatoms. The van der Waals surface area contributed by atoms with Crippen LogP contribution in [0.25, 0.3) is 0 Å². The minimum absolute atomic E-state index is 0.0311. The van der Waals surface area contributed by atoms with Gasteiger partial charge >= 0.3 is 0 Å². The second kappa shape index (κ2) is 6.58. The molecule has 0 spiro atoms. The monoisotopic (exact) mass is 290 g/mol. The molecule has 0 aliphatic carbocycles. The van der Waals surface area contributed by atoms with E-state index in [9.17, 15) is 4.79 Å². The van der Waals surface area contributed by atoms with Gasteiger partial charge in [0.1, 0.15) is 6.10 Å². The highest BCUT2D eigenvalue weighted by Crippen LogP contribution is 2.28. The molecule has 0 radical (unpaired) electrons. The van der Waals surface area contributed by atoms with Gasteiger partial charge in [0.2, 0.25) is 5.91 Å². The number of ether oxygens (including phenoxy) is 1. The van der Waals surface area contributed by atoms with Crippen LogP contribution in [0, 0.1) is 13.8 Å². The van der Waals surface area contributed by atoms with Crippen LogP contribution in [0.15, 0.2) is 18.2 Å². The summed E-state index contributed by atoms with van der Waals surface area (Å²) in [4.78, 5) is 14.3. The van der Waals surface area contributed by atoms with Gasteiger partial charge in [0, 0.05) is 0 Å². The Morgan fingerprint density at radius 2 is 2.19 bits per heavy atom. The third kappa shape index (κ3) is 3.44. The lowest BCUT2D eigenvalue weighted by Crippen LogP contribution is -2.53. The highest BCUT2D eigenvalue weighted by atomic mass is 16.5. The summed E-state index contributed by atoms with van der Waals surface area (Å²) in [5.41, 5.74) is 9.50. The molecule has 1 aliphatic rings. The molecule has 1 fully saturated rings. The molecule has 1 aliphatic heterocycles. The van der Waals surface area contributed by atoms with Crippen molar-refractivity contribution in [2.75, 3.05) is 13.2 Å². The molecule has 1 amide bonds. The number of nitrogens with zero attached hydrogens (tertiary/aromatic N) is 1. The molecule has 2 rings (SSSR count). The normalized spacial score (nSPS) is 24.0. The predicted molar refractivity (Wildman–Crippen MR) is 84.1 cm³/mol. The third-order valence-electron chi connectivity index (χ3n) is 4.25. The van der Waals surface area contributed by atoms with Crippen molar-refractivity contribution in [1.82, 2.24) is 4.90 Å². The fourth-order valence-corrected chi connectivity index (χ4v) is 2.75. The highest BCUT2D eigenvalue weighted by Gasteiger charge is 2.32. The van der Waals surface area contributed by atoms with E-state index in [1.807, 2.05) is 18.7 Å². The van der Waals surface area contributed by atoms with E-state index in [1.165, 1.54) is 16.7 Å². The molecule has 21 heavy (non-hydrogen) atoms. The van der Waals surface area contributed by atoms with Gasteiger partial charge in [-0.05, 0) is 38.3 Å². The summed E-state index contributed by atoms with van der Waals surface area (Å²) in [5.74, 6) is 0.0311. The molecular weight excluding hydrogens is 264 g/mol. The number of rotatable bonds is 3. The number of benzene rings is 1. The molecule has 0 saturated carbocycles. The van der Waals surface area contributed by atoms with Gasteiger partial charge in [-0.1, -0.05) is 30.7 Å². The number of carbonyl (C=O) groups excluding carboxylic acids is 1. The molecule has 3 atom stereocenters. The molecular formula is C17H26N2O2. The van der Waals surface area contributed by atoms with E-state index in [0.29, 0.717) is 19.6 Å². The fraction of sp³-hybridized carbons (Fsp3) is 0.588. The molecule has 4 nitrogen and oxygen atoms in total. The molecule has 1 saturated heterocycles. The maximum absolute atomic E-state index is 12.4. The Balaban J connectivity index is 2.20. The summed E-state index contributed by atoms with van der Waals surface area (Å²) in [6.45, 7) is 9.25. The molecule has 1 aromatic rings. The van der Waals surface area contributed by atoms with Crippen LogP contribution in [-0.4, -0.2) is 36.0 Å². The number of hydrogen-bond acceptors (Lipinski definition) is 3. The van der Waals surface area contributed by atoms with Crippen molar-refractivity contribution >= 4 is 5.91 Å². The van der Waals surface area contributed by atoms with Crippen molar-refractivity contribution < 1.29 is 9.53 Å². The summed E-state index contributed by atoms with van der Waals surface area (Å²) in [6, 6.07) is 6.02. The molecule has 1 heterocycles. The van der Waals surface area contributed by atoms with E-state index >= 15 is 0 Å². The molecule has 2 unspecified atom stereocenters. The smallest absolute Gasteiger partial charge is 0.239 e. The quantitative estimate of drug-likeness (QED) is 0.929. The third-order valence-corrected chi connectivity index (χ3v) is 4.25. The zero-order chi connectivity index (χ0) is 15.6. The van der Waals surface area contributed by atoms with Crippen LogP contribution in [0.5, 0.6) is 0 Å². The topological polar surface area (TPSA) is 55.6 Å². The van der Waals surface area contributed by atoms with Crippen molar-refractivity contribution in [3.05, 3.63) is 34.9 Å². The van der Waals surface area contributed by atoms with E-state index in [4.69, 9.17) is 10.5 Å². The van der Waals surface area contributed by atoms with E-state index in [1.54, 1.807) is 0 Å². The second-order valence-electron chi connectivity index (χ2n) is 6.04. The summed E-state index contributed by atoms with van der Waals surface area (Å²) in [6.07, 6.45) is 0.603. The lowest BCUT2D eigenvalue weighted by Gasteiger charge is -2.39. The van der Waals surface area contributed by atoms with Crippen LogP contribution in [0.2, 0.25) is 0 Å². The van der Waals surface area contributed by atoms with E-state index in [0.717, 1.165) is 0 Å². The van der Waals surface area contributed by atoms with Crippen LogP contribution in [0.4, 0.5) is 0 Å². The molecule has 0 bridgehead atoms. The first-order valence-electron chi connectivity index (χ1n) is 7.68. The largest absolute Gasteiger partial charge is 0.370 e. The van der Waals surface area contributed by atoms with Gasteiger partial charge in [0.05, 0.1) is 25.2 Å². The Kier molecular flexibility index (Phi) is 5.01. The van der Waals surface area contributed by atoms with Crippen LogP contribution < -0.4 is 5.73 Å². The van der Waals surface area contributed by atoms with E-state index in [-0.39, 0.29) is 18.1 Å². The van der Waals surface area contributed by atoms with Crippen LogP contribution in [0.3, 0.4) is 0 Å². The number of hydrogen-bond donors (Lipinski definition) is 1. The number of carbonyl (C=O) groups is 1. The first kappa shape index (κ1) is 16.0. The zero-order valence-corrected chi connectivity index (χ0v) is 13.4. The summed E-state index contributed by atoms with van der Waals surface area (Å²) in [7, 11) is 0. The standard InChI is InChI=1S/C17H26N2O2/c1-5-15(18)17(20)19-9-16(21-10-13(19)4)14-8-11(2)6-7-12(14)3/h6-8,13,15-16H,5,9-10,18H2,1-4H3/t13?,15-,16?/m0/s1. The van der Waals surface area contributed by atoms with Crippen molar-refractivity contribution in [3.63, 3.8) is 0 Å². The van der Waals surface area contributed by atoms with Gasteiger partial charge in [0.15, 0.2) is 0 Å². The van der Waals surface area contributed by atoms with E-state index in [2.05, 4.69) is 32.0 Å². The van der Waals surface area contributed by atoms with Gasteiger partial charge < -0.3 is 15.4 Å². The number of aryl methyl sites for hydroxylation is 2. The average molecular weight is 290 g/mol. The Morgan fingerprint density at radius 1 is 1.48 bits per heavy atom. The predicted octanol–water partition coefficient (Wildman–Crippen LogP) is 2.33. The van der Waals surface area contributed by atoms with Crippen molar-refractivity contribution in [2.45, 2.75) is 52.3 Å². The molecule has 1 aromatic carbocycles. The maximum Gasteiger partial charge on any atom is 0.239 e. The van der Waals surface area contributed by atoms with Crippen LogP contribution in [-0.2, 0) is 9.53 Å². The van der Waals surface area contributed by atoms with Gasteiger partial charge in [0.25, 0.3) is 0 Å². The first-order valence-corrected chi connectivity index (χ1v) is 7.68. The zero-order valence-electron chi connectivity index (χ0n) is 13.4. The SMILES string of the molecule is CC[C@H](N)C(=O)N1CC(c2cc(C)ccc2C)OCC1C. The summed E-state index contributed by atoms with van der Waals surface area (Å²) in [5, 5.41) is 0. The average Bonchev–Trinajstić information content (AvgIpc) is 2.49.